The van der Waals surface area contributed by atoms with Crippen molar-refractivity contribution in [3.63, 3.8) is 0 Å². The molecule has 2 N–H and O–H groups in total. The maximum Gasteiger partial charge on any atom is 0.125 e. The van der Waals surface area contributed by atoms with Crippen LogP contribution in [0.25, 0.3) is 23.4 Å². The molecule has 0 atom stereocenters. The monoisotopic (exact) mass is 289 g/mol. The Bertz CT molecular complexity index is 811. The van der Waals surface area contributed by atoms with Crippen LogP contribution < -0.4 is 0 Å². The fourth-order valence-electron chi connectivity index (χ4n) is 2.21. The van der Waals surface area contributed by atoms with Gasteiger partial charge in [-0.1, -0.05) is 36.4 Å². The van der Waals surface area contributed by atoms with E-state index in [0.29, 0.717) is 5.56 Å². The Hall–Kier alpha value is -3.07. The first-order valence-electron chi connectivity index (χ1n) is 6.94. The average Bonchev–Trinajstić information content (AvgIpc) is 2.55. The third kappa shape index (κ3) is 3.15. The zero-order valence-corrected chi connectivity index (χ0v) is 11.8. The number of hydrogen-bond donors (Lipinski definition) is 2. The lowest BCUT2D eigenvalue weighted by molar-refractivity contribution is 0.475. The molecule has 0 aliphatic carbocycles. The van der Waals surface area contributed by atoms with Crippen LogP contribution >= 0.6 is 0 Å². The van der Waals surface area contributed by atoms with Gasteiger partial charge in [-0.15, -0.1) is 0 Å². The number of rotatable bonds is 3. The van der Waals surface area contributed by atoms with E-state index in [1.54, 1.807) is 30.5 Å². The molecular weight excluding hydrogens is 274 g/mol. The summed E-state index contributed by atoms with van der Waals surface area (Å²) in [4.78, 5) is 4.26. The molecule has 0 radical (unpaired) electrons. The molecule has 0 aliphatic rings. The summed E-state index contributed by atoms with van der Waals surface area (Å²) in [6.07, 6.45) is 5.54. The van der Waals surface area contributed by atoms with Gasteiger partial charge in [0.2, 0.25) is 0 Å². The molecule has 0 bridgehead atoms. The van der Waals surface area contributed by atoms with E-state index in [4.69, 9.17) is 0 Å². The maximum atomic E-state index is 10.0. The van der Waals surface area contributed by atoms with Crippen LogP contribution in [-0.2, 0) is 0 Å². The first kappa shape index (κ1) is 13.9. The molecule has 0 unspecified atom stereocenters. The van der Waals surface area contributed by atoms with Crippen molar-refractivity contribution in [1.29, 1.82) is 0 Å². The van der Waals surface area contributed by atoms with E-state index in [2.05, 4.69) is 4.98 Å². The van der Waals surface area contributed by atoms with Gasteiger partial charge in [0, 0.05) is 11.8 Å². The molecule has 3 heteroatoms. The first-order valence-corrected chi connectivity index (χ1v) is 6.94. The highest BCUT2D eigenvalue weighted by molar-refractivity contribution is 5.75. The van der Waals surface area contributed by atoms with Gasteiger partial charge < -0.3 is 10.2 Å². The second-order valence-corrected chi connectivity index (χ2v) is 4.92. The van der Waals surface area contributed by atoms with Crippen molar-refractivity contribution < 1.29 is 10.2 Å². The molecule has 2 aromatic carbocycles. The number of aromatic hydroxyl groups is 2. The smallest absolute Gasteiger partial charge is 0.125 e. The van der Waals surface area contributed by atoms with Gasteiger partial charge in [-0.3, -0.25) is 4.98 Å². The van der Waals surface area contributed by atoms with Crippen LogP contribution in [0.4, 0.5) is 0 Å². The summed E-state index contributed by atoms with van der Waals surface area (Å²) in [6.45, 7) is 0. The van der Waals surface area contributed by atoms with Gasteiger partial charge >= 0.3 is 0 Å². The fraction of sp³-hybridized carbons (Fsp3) is 0. The molecule has 0 amide bonds. The normalized spacial score (nSPS) is 10.9. The zero-order valence-electron chi connectivity index (χ0n) is 11.8. The minimum absolute atomic E-state index is 0.202. The standard InChI is InChI=1S/C19H15NO2/c21-16-5-3-4-14(12-16)7-8-15-9-10-19(22)17(13-15)18-6-1-2-11-20-18/h1-13,21-22H/b8-7+. The minimum Gasteiger partial charge on any atom is -0.508 e. The van der Waals surface area contributed by atoms with E-state index in [0.717, 1.165) is 16.8 Å². The van der Waals surface area contributed by atoms with Crippen LogP contribution in [0.3, 0.4) is 0 Å². The second kappa shape index (κ2) is 6.14. The topological polar surface area (TPSA) is 53.4 Å². The third-order valence-corrected chi connectivity index (χ3v) is 3.30. The molecule has 1 aromatic heterocycles. The number of phenols is 2. The SMILES string of the molecule is Oc1cccc(/C=C/c2ccc(O)c(-c3ccccn3)c2)c1. The third-order valence-electron chi connectivity index (χ3n) is 3.30. The zero-order chi connectivity index (χ0) is 15.4. The predicted octanol–water partition coefficient (Wildman–Crippen LogP) is 4.33. The van der Waals surface area contributed by atoms with Crippen molar-refractivity contribution >= 4 is 12.2 Å². The average molecular weight is 289 g/mol. The lowest BCUT2D eigenvalue weighted by Gasteiger charge is -2.05. The molecule has 22 heavy (non-hydrogen) atoms. The lowest BCUT2D eigenvalue weighted by atomic mass is 10.0. The Labute approximate surface area is 128 Å². The van der Waals surface area contributed by atoms with Gasteiger partial charge in [0.15, 0.2) is 0 Å². The van der Waals surface area contributed by atoms with Crippen molar-refractivity contribution in [2.45, 2.75) is 0 Å². The molecule has 0 spiro atoms. The number of benzene rings is 2. The number of phenolic OH excluding ortho intramolecular Hbond substituents is 2. The quantitative estimate of drug-likeness (QED) is 0.706. The molecule has 1 heterocycles. The van der Waals surface area contributed by atoms with Gasteiger partial charge in [0.25, 0.3) is 0 Å². The summed E-state index contributed by atoms with van der Waals surface area (Å²) in [7, 11) is 0. The highest BCUT2D eigenvalue weighted by Crippen LogP contribution is 2.29. The first-order chi connectivity index (χ1) is 10.7. The second-order valence-electron chi connectivity index (χ2n) is 4.92. The Morgan fingerprint density at radius 3 is 2.32 bits per heavy atom. The van der Waals surface area contributed by atoms with E-state index < -0.39 is 0 Å². The summed E-state index contributed by atoms with van der Waals surface area (Å²) < 4.78 is 0. The highest BCUT2D eigenvalue weighted by Gasteiger charge is 2.05. The predicted molar refractivity (Wildman–Crippen MR) is 88.4 cm³/mol. The number of nitrogens with zero attached hydrogens (tertiary/aromatic N) is 1. The van der Waals surface area contributed by atoms with E-state index >= 15 is 0 Å². The van der Waals surface area contributed by atoms with Crippen LogP contribution in [0.5, 0.6) is 11.5 Å². The lowest BCUT2D eigenvalue weighted by Crippen LogP contribution is -1.84. The van der Waals surface area contributed by atoms with Crippen molar-refractivity contribution in [1.82, 2.24) is 4.98 Å². The van der Waals surface area contributed by atoms with Gasteiger partial charge in [-0.05, 0) is 47.5 Å². The van der Waals surface area contributed by atoms with Crippen LogP contribution in [0.15, 0.2) is 66.9 Å². The van der Waals surface area contributed by atoms with Crippen LogP contribution in [0.2, 0.25) is 0 Å². The Morgan fingerprint density at radius 2 is 1.59 bits per heavy atom. The molecule has 108 valence electrons. The minimum atomic E-state index is 0.202. The summed E-state index contributed by atoms with van der Waals surface area (Å²) in [5, 5.41) is 19.5. The highest BCUT2D eigenvalue weighted by atomic mass is 16.3. The largest absolute Gasteiger partial charge is 0.508 e. The number of hydrogen-bond acceptors (Lipinski definition) is 3. The molecule has 0 saturated carbocycles. The maximum absolute atomic E-state index is 10.0. The van der Waals surface area contributed by atoms with E-state index in [1.165, 1.54) is 0 Å². The van der Waals surface area contributed by atoms with Gasteiger partial charge in [-0.2, -0.15) is 0 Å². The van der Waals surface area contributed by atoms with E-state index in [9.17, 15) is 10.2 Å². The van der Waals surface area contributed by atoms with Gasteiger partial charge in [-0.25, -0.2) is 0 Å². The summed E-state index contributed by atoms with van der Waals surface area (Å²) in [6, 6.07) is 18.0. The molecule has 0 aliphatic heterocycles. The van der Waals surface area contributed by atoms with Crippen molar-refractivity contribution in [3.05, 3.63) is 78.0 Å². The van der Waals surface area contributed by atoms with E-state index in [1.807, 2.05) is 48.6 Å². The Kier molecular flexibility index (Phi) is 3.88. The van der Waals surface area contributed by atoms with Gasteiger partial charge in [0.1, 0.15) is 11.5 Å². The Morgan fingerprint density at radius 1 is 0.773 bits per heavy atom. The summed E-state index contributed by atoms with van der Waals surface area (Å²) in [5.74, 6) is 0.440. The molecule has 3 aromatic rings. The summed E-state index contributed by atoms with van der Waals surface area (Å²) >= 11 is 0. The fourth-order valence-corrected chi connectivity index (χ4v) is 2.21. The van der Waals surface area contributed by atoms with Crippen molar-refractivity contribution in [2.75, 3.05) is 0 Å². The van der Waals surface area contributed by atoms with E-state index in [-0.39, 0.29) is 11.5 Å². The van der Waals surface area contributed by atoms with Gasteiger partial charge in [0.05, 0.1) is 5.69 Å². The van der Waals surface area contributed by atoms with Crippen molar-refractivity contribution in [3.8, 4) is 22.8 Å². The molecule has 0 fully saturated rings. The molecule has 3 rings (SSSR count). The molecule has 3 nitrogen and oxygen atoms in total. The number of aromatic nitrogens is 1. The molecule has 0 saturated heterocycles. The Balaban J connectivity index is 1.93. The summed E-state index contributed by atoms with van der Waals surface area (Å²) in [5.41, 5.74) is 3.28. The molecular formula is C19H15NO2. The van der Waals surface area contributed by atoms with Crippen LogP contribution in [0.1, 0.15) is 11.1 Å². The van der Waals surface area contributed by atoms with Crippen molar-refractivity contribution in [2.24, 2.45) is 0 Å². The number of pyridine rings is 1. The van der Waals surface area contributed by atoms with Crippen LogP contribution in [-0.4, -0.2) is 15.2 Å². The van der Waals surface area contributed by atoms with Crippen LogP contribution in [0, 0.1) is 0 Å².